The average Bonchev–Trinajstić information content (AvgIpc) is 2.43. The largest absolute Gasteiger partial charge is 0.370 e. The molecule has 100 valence electrons. The molecule has 4 heteroatoms. The lowest BCUT2D eigenvalue weighted by Gasteiger charge is -2.13. The number of hydrogen-bond acceptors (Lipinski definition) is 3. The van der Waals surface area contributed by atoms with E-state index in [-0.39, 0.29) is 6.04 Å². The van der Waals surface area contributed by atoms with Crippen LogP contribution in [0.4, 0.5) is 5.82 Å². The van der Waals surface area contributed by atoms with Gasteiger partial charge < -0.3 is 11.1 Å². The molecule has 1 heterocycles. The molecule has 0 saturated carbocycles. The van der Waals surface area contributed by atoms with Gasteiger partial charge in [0.2, 0.25) is 0 Å². The van der Waals surface area contributed by atoms with Crippen molar-refractivity contribution in [1.29, 1.82) is 0 Å². The molecule has 2 rings (SSSR count). The Morgan fingerprint density at radius 1 is 1.32 bits per heavy atom. The molecule has 0 spiro atoms. The average molecular weight is 320 g/mol. The fourth-order valence-electron chi connectivity index (χ4n) is 1.86. The maximum atomic E-state index is 6.15. The molecule has 19 heavy (non-hydrogen) atoms. The standard InChI is InChI=1S/C15H18BrN3/c1-11-9-15(19-10-13(11)16)18-8-7-14(17)12-5-3-2-4-6-12/h2-6,9-10,14H,7-8,17H2,1H3,(H,18,19). The summed E-state index contributed by atoms with van der Waals surface area (Å²) in [7, 11) is 0. The van der Waals surface area contributed by atoms with Gasteiger partial charge in [-0.1, -0.05) is 30.3 Å². The third-order valence-corrected chi connectivity index (χ3v) is 3.87. The predicted molar refractivity (Wildman–Crippen MR) is 83.2 cm³/mol. The first-order chi connectivity index (χ1) is 9.16. The number of nitrogens with two attached hydrogens (primary N) is 1. The van der Waals surface area contributed by atoms with Crippen LogP contribution in [-0.4, -0.2) is 11.5 Å². The Morgan fingerprint density at radius 3 is 2.74 bits per heavy atom. The number of hydrogen-bond donors (Lipinski definition) is 2. The van der Waals surface area contributed by atoms with Gasteiger partial charge in [0, 0.05) is 23.3 Å². The highest BCUT2D eigenvalue weighted by molar-refractivity contribution is 9.10. The van der Waals surface area contributed by atoms with E-state index in [1.165, 1.54) is 11.1 Å². The summed E-state index contributed by atoms with van der Waals surface area (Å²) in [4.78, 5) is 4.31. The van der Waals surface area contributed by atoms with E-state index < -0.39 is 0 Å². The minimum Gasteiger partial charge on any atom is -0.370 e. The summed E-state index contributed by atoms with van der Waals surface area (Å²) in [5.74, 6) is 0.890. The topological polar surface area (TPSA) is 50.9 Å². The molecule has 2 aromatic rings. The smallest absolute Gasteiger partial charge is 0.126 e. The van der Waals surface area contributed by atoms with Crippen LogP contribution < -0.4 is 11.1 Å². The highest BCUT2D eigenvalue weighted by Gasteiger charge is 2.05. The molecule has 0 fully saturated rings. The minimum absolute atomic E-state index is 0.0604. The number of aryl methyl sites for hydroxylation is 1. The van der Waals surface area contributed by atoms with Gasteiger partial charge in [-0.15, -0.1) is 0 Å². The normalized spacial score (nSPS) is 12.2. The van der Waals surface area contributed by atoms with E-state index in [0.29, 0.717) is 0 Å². The van der Waals surface area contributed by atoms with Crippen molar-refractivity contribution in [3.05, 3.63) is 58.2 Å². The Labute approximate surface area is 122 Å². The third-order valence-electron chi connectivity index (χ3n) is 3.04. The highest BCUT2D eigenvalue weighted by atomic mass is 79.9. The third kappa shape index (κ3) is 4.04. The van der Waals surface area contributed by atoms with Crippen LogP contribution in [0.5, 0.6) is 0 Å². The number of aromatic nitrogens is 1. The fourth-order valence-corrected chi connectivity index (χ4v) is 2.08. The van der Waals surface area contributed by atoms with Crippen molar-refractivity contribution in [2.24, 2.45) is 5.73 Å². The summed E-state index contributed by atoms with van der Waals surface area (Å²) in [5, 5.41) is 3.30. The van der Waals surface area contributed by atoms with E-state index in [2.05, 4.69) is 38.4 Å². The zero-order chi connectivity index (χ0) is 13.7. The van der Waals surface area contributed by atoms with Gasteiger partial charge in [0.05, 0.1) is 0 Å². The van der Waals surface area contributed by atoms with Gasteiger partial charge in [-0.3, -0.25) is 0 Å². The van der Waals surface area contributed by atoms with Crippen LogP contribution in [-0.2, 0) is 0 Å². The summed E-state index contributed by atoms with van der Waals surface area (Å²) in [5.41, 5.74) is 8.49. The van der Waals surface area contributed by atoms with Crippen LogP contribution in [0.15, 0.2) is 47.1 Å². The van der Waals surface area contributed by atoms with Crippen molar-refractivity contribution in [2.75, 3.05) is 11.9 Å². The first-order valence-electron chi connectivity index (χ1n) is 6.33. The molecule has 0 bridgehead atoms. The van der Waals surface area contributed by atoms with E-state index >= 15 is 0 Å². The molecule has 1 aromatic heterocycles. The van der Waals surface area contributed by atoms with Crippen molar-refractivity contribution < 1.29 is 0 Å². The number of pyridine rings is 1. The van der Waals surface area contributed by atoms with Crippen molar-refractivity contribution in [3.63, 3.8) is 0 Å². The fraction of sp³-hybridized carbons (Fsp3) is 0.267. The second kappa shape index (κ2) is 6.68. The second-order valence-electron chi connectivity index (χ2n) is 4.55. The van der Waals surface area contributed by atoms with Gasteiger partial charge in [-0.25, -0.2) is 4.98 Å². The highest BCUT2D eigenvalue weighted by Crippen LogP contribution is 2.18. The van der Waals surface area contributed by atoms with Crippen LogP contribution in [0.1, 0.15) is 23.6 Å². The van der Waals surface area contributed by atoms with Crippen LogP contribution in [0, 0.1) is 6.92 Å². The van der Waals surface area contributed by atoms with Crippen molar-refractivity contribution in [3.8, 4) is 0 Å². The zero-order valence-corrected chi connectivity index (χ0v) is 12.5. The molecule has 1 atom stereocenters. The van der Waals surface area contributed by atoms with Gasteiger partial charge in [-0.05, 0) is 46.5 Å². The molecule has 1 unspecified atom stereocenters. The maximum Gasteiger partial charge on any atom is 0.126 e. The first kappa shape index (κ1) is 14.0. The van der Waals surface area contributed by atoms with E-state index in [1.807, 2.05) is 37.4 Å². The van der Waals surface area contributed by atoms with Gasteiger partial charge in [0.1, 0.15) is 5.82 Å². The molecule has 0 aliphatic carbocycles. The molecular weight excluding hydrogens is 302 g/mol. The molecule has 1 aromatic carbocycles. The number of halogens is 1. The van der Waals surface area contributed by atoms with Gasteiger partial charge in [-0.2, -0.15) is 0 Å². The second-order valence-corrected chi connectivity index (χ2v) is 5.41. The minimum atomic E-state index is 0.0604. The molecule has 0 amide bonds. The zero-order valence-electron chi connectivity index (χ0n) is 10.9. The van der Waals surface area contributed by atoms with Crippen LogP contribution in [0.25, 0.3) is 0 Å². The van der Waals surface area contributed by atoms with Gasteiger partial charge >= 0.3 is 0 Å². The molecule has 0 aliphatic rings. The quantitative estimate of drug-likeness (QED) is 0.884. The number of nitrogens with zero attached hydrogens (tertiary/aromatic N) is 1. The lowest BCUT2D eigenvalue weighted by molar-refractivity contribution is 0.674. The summed E-state index contributed by atoms with van der Waals surface area (Å²) in [6.07, 6.45) is 2.69. The monoisotopic (exact) mass is 319 g/mol. The van der Waals surface area contributed by atoms with Crippen LogP contribution in [0.3, 0.4) is 0 Å². The number of benzene rings is 1. The molecular formula is C15H18BrN3. The Morgan fingerprint density at radius 2 is 2.05 bits per heavy atom. The molecule has 3 nitrogen and oxygen atoms in total. The molecule has 0 aliphatic heterocycles. The van der Waals surface area contributed by atoms with Gasteiger partial charge in [0.25, 0.3) is 0 Å². The lowest BCUT2D eigenvalue weighted by Crippen LogP contribution is -2.15. The van der Waals surface area contributed by atoms with Crippen molar-refractivity contribution >= 4 is 21.7 Å². The summed E-state index contributed by atoms with van der Waals surface area (Å²) < 4.78 is 1.03. The van der Waals surface area contributed by atoms with Gasteiger partial charge in [0.15, 0.2) is 0 Å². The van der Waals surface area contributed by atoms with E-state index in [0.717, 1.165) is 23.3 Å². The molecule has 0 radical (unpaired) electrons. The lowest BCUT2D eigenvalue weighted by atomic mass is 10.1. The van der Waals surface area contributed by atoms with Crippen molar-refractivity contribution in [1.82, 2.24) is 4.98 Å². The van der Waals surface area contributed by atoms with Crippen LogP contribution >= 0.6 is 15.9 Å². The van der Waals surface area contributed by atoms with E-state index in [1.54, 1.807) is 0 Å². The first-order valence-corrected chi connectivity index (χ1v) is 7.12. The van der Waals surface area contributed by atoms with Crippen molar-refractivity contribution in [2.45, 2.75) is 19.4 Å². The Hall–Kier alpha value is -1.39. The summed E-state index contributed by atoms with van der Waals surface area (Å²) in [6, 6.07) is 12.2. The number of anilines is 1. The Bertz CT molecular complexity index is 528. The molecule has 0 saturated heterocycles. The van der Waals surface area contributed by atoms with E-state index in [4.69, 9.17) is 5.73 Å². The SMILES string of the molecule is Cc1cc(NCCC(N)c2ccccc2)ncc1Br. The summed E-state index contributed by atoms with van der Waals surface area (Å²) in [6.45, 7) is 2.86. The van der Waals surface area contributed by atoms with Crippen LogP contribution in [0.2, 0.25) is 0 Å². The maximum absolute atomic E-state index is 6.15. The Kier molecular flexibility index (Phi) is 4.93. The predicted octanol–water partition coefficient (Wildman–Crippen LogP) is 3.65. The molecule has 3 N–H and O–H groups in total. The number of rotatable bonds is 5. The Balaban J connectivity index is 1.85. The number of nitrogens with one attached hydrogen (secondary N) is 1. The summed E-state index contributed by atoms with van der Waals surface area (Å²) >= 11 is 3.44. The van der Waals surface area contributed by atoms with E-state index in [9.17, 15) is 0 Å².